The van der Waals surface area contributed by atoms with Crippen molar-refractivity contribution in [2.24, 2.45) is 0 Å². The summed E-state index contributed by atoms with van der Waals surface area (Å²) in [5.41, 5.74) is 1.18. The van der Waals surface area contributed by atoms with E-state index < -0.39 is 10.0 Å². The van der Waals surface area contributed by atoms with E-state index in [-0.39, 0.29) is 17.3 Å². The molecule has 1 fully saturated rings. The van der Waals surface area contributed by atoms with Crippen molar-refractivity contribution in [1.82, 2.24) is 4.31 Å². The van der Waals surface area contributed by atoms with Crippen molar-refractivity contribution < 1.29 is 13.2 Å². The van der Waals surface area contributed by atoms with Gasteiger partial charge in [-0.15, -0.1) is 0 Å². The monoisotopic (exact) mass is 393 g/mol. The molecule has 26 heavy (non-hydrogen) atoms. The van der Waals surface area contributed by atoms with Crippen molar-refractivity contribution in [3.8, 4) is 0 Å². The number of hydrogen-bond acceptors (Lipinski definition) is 4. The number of hydrogen-bond donors (Lipinski definition) is 2. The third-order valence-electron chi connectivity index (χ3n) is 4.10. The normalized spacial score (nSPS) is 15.0. The zero-order valence-electron chi connectivity index (χ0n) is 14.1. The Morgan fingerprint density at radius 2 is 1.73 bits per heavy atom. The van der Waals surface area contributed by atoms with E-state index >= 15 is 0 Å². The maximum atomic E-state index is 12.6. The van der Waals surface area contributed by atoms with Crippen LogP contribution >= 0.6 is 11.6 Å². The fourth-order valence-corrected chi connectivity index (χ4v) is 4.55. The smallest absolute Gasteiger partial charge is 0.243 e. The quantitative estimate of drug-likeness (QED) is 0.790. The Morgan fingerprint density at radius 3 is 2.46 bits per heavy atom. The van der Waals surface area contributed by atoms with E-state index in [1.54, 1.807) is 36.4 Å². The minimum atomic E-state index is -3.51. The van der Waals surface area contributed by atoms with E-state index in [9.17, 15) is 13.2 Å². The Hall–Kier alpha value is -2.09. The number of rotatable bonds is 6. The van der Waals surface area contributed by atoms with Gasteiger partial charge in [0.2, 0.25) is 15.9 Å². The predicted octanol–water partition coefficient (Wildman–Crippen LogP) is 3.18. The molecule has 8 heteroatoms. The standard InChI is InChI=1S/C18H20ClN3O3S/c19-14-5-3-6-15(11-14)20-13-18(23)21-16-7-4-8-17(12-16)26(24,25)22-9-1-2-10-22/h3-8,11-12,20H,1-2,9-10,13H2,(H,21,23). The van der Waals surface area contributed by atoms with Gasteiger partial charge in [-0.05, 0) is 49.2 Å². The zero-order chi connectivity index (χ0) is 18.6. The van der Waals surface area contributed by atoms with Crippen LogP contribution in [0.3, 0.4) is 0 Å². The highest BCUT2D eigenvalue weighted by molar-refractivity contribution is 7.89. The van der Waals surface area contributed by atoms with Crippen LogP contribution in [0.15, 0.2) is 53.4 Å². The highest BCUT2D eigenvalue weighted by atomic mass is 35.5. The van der Waals surface area contributed by atoms with Crippen molar-refractivity contribution in [3.63, 3.8) is 0 Å². The van der Waals surface area contributed by atoms with Crippen LogP contribution in [0.4, 0.5) is 11.4 Å². The van der Waals surface area contributed by atoms with E-state index in [0.29, 0.717) is 23.8 Å². The topological polar surface area (TPSA) is 78.5 Å². The van der Waals surface area contributed by atoms with E-state index in [1.807, 2.05) is 6.07 Å². The summed E-state index contributed by atoms with van der Waals surface area (Å²) >= 11 is 5.90. The summed E-state index contributed by atoms with van der Waals surface area (Å²) in [7, 11) is -3.51. The number of nitrogens with one attached hydrogen (secondary N) is 2. The van der Waals surface area contributed by atoms with E-state index in [1.165, 1.54) is 10.4 Å². The van der Waals surface area contributed by atoms with Gasteiger partial charge in [-0.2, -0.15) is 4.31 Å². The first-order valence-corrected chi connectivity index (χ1v) is 10.2. The van der Waals surface area contributed by atoms with Gasteiger partial charge in [0.25, 0.3) is 0 Å². The lowest BCUT2D eigenvalue weighted by Gasteiger charge is -2.16. The molecule has 2 N–H and O–H groups in total. The van der Waals surface area contributed by atoms with Gasteiger partial charge >= 0.3 is 0 Å². The van der Waals surface area contributed by atoms with Crippen molar-refractivity contribution >= 4 is 38.9 Å². The molecule has 1 saturated heterocycles. The molecule has 138 valence electrons. The molecule has 0 aliphatic carbocycles. The largest absolute Gasteiger partial charge is 0.376 e. The number of nitrogens with zero attached hydrogens (tertiary/aromatic N) is 1. The molecule has 1 heterocycles. The Kier molecular flexibility index (Phi) is 5.80. The lowest BCUT2D eigenvalue weighted by molar-refractivity contribution is -0.114. The molecule has 1 aliphatic rings. The fraction of sp³-hybridized carbons (Fsp3) is 0.278. The van der Waals surface area contributed by atoms with Crippen molar-refractivity contribution in [2.75, 3.05) is 30.3 Å². The summed E-state index contributed by atoms with van der Waals surface area (Å²) < 4.78 is 26.7. The highest BCUT2D eigenvalue weighted by Crippen LogP contribution is 2.23. The van der Waals surface area contributed by atoms with Crippen LogP contribution in [0.1, 0.15) is 12.8 Å². The molecule has 0 unspecified atom stereocenters. The van der Waals surface area contributed by atoms with Gasteiger partial charge in [0.15, 0.2) is 0 Å². The number of sulfonamides is 1. The second kappa shape index (κ2) is 8.07. The summed E-state index contributed by atoms with van der Waals surface area (Å²) in [5.74, 6) is -0.277. The van der Waals surface area contributed by atoms with Crippen molar-refractivity contribution in [1.29, 1.82) is 0 Å². The second-order valence-corrected chi connectivity index (χ2v) is 8.43. The number of halogens is 1. The Balaban J connectivity index is 1.64. The van der Waals surface area contributed by atoms with Gasteiger partial charge in [-0.1, -0.05) is 23.7 Å². The summed E-state index contributed by atoms with van der Waals surface area (Å²) in [6.07, 6.45) is 1.76. The summed E-state index contributed by atoms with van der Waals surface area (Å²) in [5, 5.41) is 6.26. The number of carbonyl (C=O) groups excluding carboxylic acids is 1. The molecule has 3 rings (SSSR count). The predicted molar refractivity (Wildman–Crippen MR) is 103 cm³/mol. The maximum absolute atomic E-state index is 12.6. The number of carbonyl (C=O) groups is 1. The fourth-order valence-electron chi connectivity index (χ4n) is 2.80. The van der Waals surface area contributed by atoms with Crippen LogP contribution in [0.25, 0.3) is 0 Å². The van der Waals surface area contributed by atoms with Gasteiger partial charge in [-0.3, -0.25) is 4.79 Å². The number of benzene rings is 2. The molecule has 6 nitrogen and oxygen atoms in total. The van der Waals surface area contributed by atoms with Crippen LogP contribution < -0.4 is 10.6 Å². The lowest BCUT2D eigenvalue weighted by atomic mass is 10.3. The molecule has 0 spiro atoms. The Bertz CT molecular complexity index is 896. The van der Waals surface area contributed by atoms with Crippen LogP contribution in [-0.4, -0.2) is 38.3 Å². The SMILES string of the molecule is O=C(CNc1cccc(Cl)c1)Nc1cccc(S(=O)(=O)N2CCCC2)c1. The van der Waals surface area contributed by atoms with Crippen LogP contribution in [0.2, 0.25) is 5.02 Å². The highest BCUT2D eigenvalue weighted by Gasteiger charge is 2.27. The Labute approximate surface area is 158 Å². The van der Waals surface area contributed by atoms with E-state index in [4.69, 9.17) is 11.6 Å². The molecule has 0 bridgehead atoms. The molecule has 0 atom stereocenters. The molecule has 2 aromatic rings. The van der Waals surface area contributed by atoms with Gasteiger partial charge in [0, 0.05) is 29.5 Å². The number of amides is 1. The van der Waals surface area contributed by atoms with Crippen molar-refractivity contribution in [2.45, 2.75) is 17.7 Å². The van der Waals surface area contributed by atoms with Crippen molar-refractivity contribution in [3.05, 3.63) is 53.6 Å². The lowest BCUT2D eigenvalue weighted by Crippen LogP contribution is -2.28. The first-order chi connectivity index (χ1) is 12.4. The van der Waals surface area contributed by atoms with Gasteiger partial charge in [0.1, 0.15) is 0 Å². The molecule has 2 aromatic carbocycles. The van der Waals surface area contributed by atoms with Crippen LogP contribution in [0, 0.1) is 0 Å². The first-order valence-electron chi connectivity index (χ1n) is 8.35. The molecular weight excluding hydrogens is 374 g/mol. The summed E-state index contributed by atoms with van der Waals surface area (Å²) in [6.45, 7) is 1.13. The first kappa shape index (κ1) is 18.7. The minimum absolute atomic E-state index is 0.0451. The maximum Gasteiger partial charge on any atom is 0.243 e. The van der Waals surface area contributed by atoms with E-state index in [0.717, 1.165) is 18.5 Å². The summed E-state index contributed by atoms with van der Waals surface area (Å²) in [6, 6.07) is 13.4. The third-order valence-corrected chi connectivity index (χ3v) is 6.23. The third kappa shape index (κ3) is 4.55. The molecule has 0 radical (unpaired) electrons. The summed E-state index contributed by atoms with van der Waals surface area (Å²) in [4.78, 5) is 12.3. The molecule has 1 aliphatic heterocycles. The molecule has 0 saturated carbocycles. The zero-order valence-corrected chi connectivity index (χ0v) is 15.7. The average Bonchev–Trinajstić information content (AvgIpc) is 3.16. The van der Waals surface area contributed by atoms with Gasteiger partial charge in [0.05, 0.1) is 11.4 Å². The van der Waals surface area contributed by atoms with Crippen LogP contribution in [0.5, 0.6) is 0 Å². The Morgan fingerprint density at radius 1 is 1.04 bits per heavy atom. The molecular formula is C18H20ClN3O3S. The molecule has 1 amide bonds. The second-order valence-electron chi connectivity index (χ2n) is 6.05. The van der Waals surface area contributed by atoms with Gasteiger partial charge < -0.3 is 10.6 Å². The van der Waals surface area contributed by atoms with Crippen LogP contribution in [-0.2, 0) is 14.8 Å². The van der Waals surface area contributed by atoms with Gasteiger partial charge in [-0.25, -0.2) is 8.42 Å². The van der Waals surface area contributed by atoms with E-state index in [2.05, 4.69) is 10.6 Å². The molecule has 0 aromatic heterocycles. The number of anilines is 2. The minimum Gasteiger partial charge on any atom is -0.376 e. The average molecular weight is 394 g/mol.